The highest BCUT2D eigenvalue weighted by molar-refractivity contribution is 5.53. The van der Waals surface area contributed by atoms with E-state index in [1.165, 1.54) is 12.1 Å². The highest BCUT2D eigenvalue weighted by Crippen LogP contribution is 2.23. The predicted molar refractivity (Wildman–Crippen MR) is 74.2 cm³/mol. The summed E-state index contributed by atoms with van der Waals surface area (Å²) in [7, 11) is 3.99. The lowest BCUT2D eigenvalue weighted by atomic mass is 10.1. The van der Waals surface area contributed by atoms with Crippen LogP contribution in [0.4, 0.5) is 17.3 Å². The second kappa shape index (κ2) is 5.40. The quantitative estimate of drug-likeness (QED) is 0.644. The van der Waals surface area contributed by atoms with Crippen LogP contribution in [0.3, 0.4) is 0 Å². The highest BCUT2D eigenvalue weighted by atomic mass is 16.6. The summed E-state index contributed by atoms with van der Waals surface area (Å²) in [6, 6.07) is 2.75. The van der Waals surface area contributed by atoms with Crippen LogP contribution in [0.5, 0.6) is 0 Å². The van der Waals surface area contributed by atoms with E-state index in [1.807, 2.05) is 11.9 Å². The van der Waals surface area contributed by atoms with Gasteiger partial charge in [0.1, 0.15) is 11.6 Å². The van der Waals surface area contributed by atoms with Gasteiger partial charge < -0.3 is 15.5 Å². The van der Waals surface area contributed by atoms with Crippen molar-refractivity contribution in [1.82, 2.24) is 9.88 Å². The maximum atomic E-state index is 10.8. The normalized spacial score (nSPS) is 19.6. The third-order valence-electron chi connectivity index (χ3n) is 3.44. The molecule has 0 aromatic carbocycles. The zero-order valence-electron chi connectivity index (χ0n) is 11.2. The third kappa shape index (κ3) is 3.31. The summed E-state index contributed by atoms with van der Waals surface area (Å²) in [6.07, 6.45) is 1.14. The molecule has 7 nitrogen and oxygen atoms in total. The van der Waals surface area contributed by atoms with Crippen LogP contribution >= 0.6 is 0 Å². The first-order valence-corrected chi connectivity index (χ1v) is 6.27. The van der Waals surface area contributed by atoms with Crippen LogP contribution in [-0.4, -0.2) is 48.5 Å². The standard InChI is InChI=1S/C12H19N5O2/c1-15-4-3-9(7-15)8-16(2)12-6-10(17(18)19)5-11(13)14-12/h5-6,9H,3-4,7-8H2,1-2H3,(H2,13,14). The minimum absolute atomic E-state index is 0.0158. The molecule has 0 saturated carbocycles. The number of nitro groups is 1. The number of hydrogen-bond donors (Lipinski definition) is 1. The Morgan fingerprint density at radius 2 is 2.37 bits per heavy atom. The Kier molecular flexibility index (Phi) is 3.84. The number of nitrogen functional groups attached to an aromatic ring is 1. The van der Waals surface area contributed by atoms with Crippen molar-refractivity contribution in [2.45, 2.75) is 6.42 Å². The summed E-state index contributed by atoms with van der Waals surface area (Å²) in [6.45, 7) is 2.98. The molecule has 1 aromatic rings. The molecule has 7 heteroatoms. The summed E-state index contributed by atoms with van der Waals surface area (Å²) in [5.74, 6) is 1.30. The second-order valence-corrected chi connectivity index (χ2v) is 5.16. The molecule has 0 aliphatic carbocycles. The molecular formula is C12H19N5O2. The van der Waals surface area contributed by atoms with E-state index in [1.54, 1.807) is 0 Å². The van der Waals surface area contributed by atoms with Gasteiger partial charge in [-0.2, -0.15) is 0 Å². The third-order valence-corrected chi connectivity index (χ3v) is 3.44. The molecule has 104 valence electrons. The lowest BCUT2D eigenvalue weighted by molar-refractivity contribution is -0.384. The van der Waals surface area contributed by atoms with Crippen LogP contribution in [0.1, 0.15) is 6.42 Å². The van der Waals surface area contributed by atoms with Crippen molar-refractivity contribution in [3.63, 3.8) is 0 Å². The number of nitrogens with two attached hydrogens (primary N) is 1. The molecule has 0 radical (unpaired) electrons. The molecule has 2 heterocycles. The van der Waals surface area contributed by atoms with Crippen molar-refractivity contribution in [1.29, 1.82) is 0 Å². The Labute approximate surface area is 112 Å². The van der Waals surface area contributed by atoms with Gasteiger partial charge in [-0.25, -0.2) is 4.98 Å². The van der Waals surface area contributed by atoms with Crippen LogP contribution in [0.15, 0.2) is 12.1 Å². The molecule has 2 rings (SSSR count). The molecule has 1 unspecified atom stereocenters. The number of anilines is 2. The first-order valence-electron chi connectivity index (χ1n) is 6.27. The number of nitrogens with zero attached hydrogens (tertiary/aromatic N) is 4. The first-order chi connectivity index (χ1) is 8.95. The van der Waals surface area contributed by atoms with Gasteiger partial charge in [0.2, 0.25) is 0 Å². The molecule has 19 heavy (non-hydrogen) atoms. The SMILES string of the molecule is CN1CCC(CN(C)c2cc([N+](=O)[O-])cc(N)n2)C1. The summed E-state index contributed by atoms with van der Waals surface area (Å²) in [5, 5.41) is 10.8. The molecule has 1 atom stereocenters. The smallest absolute Gasteiger partial charge is 0.276 e. The van der Waals surface area contributed by atoms with Gasteiger partial charge in [-0.1, -0.05) is 0 Å². The molecule has 0 bridgehead atoms. The van der Waals surface area contributed by atoms with E-state index in [2.05, 4.69) is 16.9 Å². The van der Waals surface area contributed by atoms with Crippen LogP contribution in [0, 0.1) is 16.0 Å². The van der Waals surface area contributed by atoms with Gasteiger partial charge in [0, 0.05) is 20.1 Å². The maximum Gasteiger partial charge on any atom is 0.276 e. The average molecular weight is 265 g/mol. The second-order valence-electron chi connectivity index (χ2n) is 5.16. The fourth-order valence-corrected chi connectivity index (χ4v) is 2.48. The van der Waals surface area contributed by atoms with Crippen LogP contribution in [0.25, 0.3) is 0 Å². The Bertz CT molecular complexity index is 479. The predicted octanol–water partition coefficient (Wildman–Crippen LogP) is 0.960. The number of pyridine rings is 1. The Hall–Kier alpha value is -1.89. The molecule has 1 aliphatic heterocycles. The van der Waals surface area contributed by atoms with Crippen LogP contribution < -0.4 is 10.6 Å². The van der Waals surface area contributed by atoms with Crippen LogP contribution in [-0.2, 0) is 0 Å². The summed E-state index contributed by atoms with van der Waals surface area (Å²) >= 11 is 0. The van der Waals surface area contributed by atoms with E-state index in [-0.39, 0.29) is 11.5 Å². The van der Waals surface area contributed by atoms with Gasteiger partial charge >= 0.3 is 0 Å². The average Bonchev–Trinajstić information content (AvgIpc) is 2.73. The molecular weight excluding hydrogens is 246 g/mol. The van der Waals surface area contributed by atoms with E-state index >= 15 is 0 Å². The summed E-state index contributed by atoms with van der Waals surface area (Å²) in [5.41, 5.74) is 5.60. The van der Waals surface area contributed by atoms with Gasteiger partial charge in [-0.15, -0.1) is 0 Å². The van der Waals surface area contributed by atoms with Crippen molar-refractivity contribution in [2.75, 3.05) is 44.4 Å². The van der Waals surface area contributed by atoms with Crippen molar-refractivity contribution >= 4 is 17.3 Å². The van der Waals surface area contributed by atoms with Crippen molar-refractivity contribution in [2.24, 2.45) is 5.92 Å². The number of hydrogen-bond acceptors (Lipinski definition) is 6. The highest BCUT2D eigenvalue weighted by Gasteiger charge is 2.22. The topological polar surface area (TPSA) is 88.5 Å². The van der Waals surface area contributed by atoms with Crippen LogP contribution in [0.2, 0.25) is 0 Å². The van der Waals surface area contributed by atoms with Gasteiger partial charge in [0.15, 0.2) is 0 Å². The Balaban J connectivity index is 2.10. The van der Waals surface area contributed by atoms with E-state index in [9.17, 15) is 10.1 Å². The first kappa shape index (κ1) is 13.5. The number of likely N-dealkylation sites (tertiary alicyclic amines) is 1. The number of aromatic nitrogens is 1. The Morgan fingerprint density at radius 3 is 2.95 bits per heavy atom. The lowest BCUT2D eigenvalue weighted by Gasteiger charge is -2.22. The monoisotopic (exact) mass is 265 g/mol. The van der Waals surface area contributed by atoms with Crippen molar-refractivity contribution in [3.8, 4) is 0 Å². The van der Waals surface area contributed by atoms with Crippen molar-refractivity contribution < 1.29 is 4.92 Å². The molecule has 1 aromatic heterocycles. The molecule has 1 aliphatic rings. The summed E-state index contributed by atoms with van der Waals surface area (Å²) in [4.78, 5) is 18.8. The van der Waals surface area contributed by atoms with E-state index in [4.69, 9.17) is 5.73 Å². The maximum absolute atomic E-state index is 10.8. The lowest BCUT2D eigenvalue weighted by Crippen LogP contribution is -2.28. The van der Waals surface area contributed by atoms with E-state index in [0.29, 0.717) is 11.7 Å². The van der Waals surface area contributed by atoms with E-state index in [0.717, 1.165) is 26.1 Å². The number of rotatable bonds is 4. The van der Waals surface area contributed by atoms with Gasteiger partial charge in [-0.05, 0) is 25.9 Å². The van der Waals surface area contributed by atoms with Gasteiger partial charge in [0.25, 0.3) is 5.69 Å². The molecule has 1 saturated heterocycles. The zero-order valence-corrected chi connectivity index (χ0v) is 11.2. The zero-order chi connectivity index (χ0) is 14.0. The Morgan fingerprint density at radius 1 is 1.63 bits per heavy atom. The minimum atomic E-state index is -0.446. The molecule has 1 fully saturated rings. The van der Waals surface area contributed by atoms with Crippen molar-refractivity contribution in [3.05, 3.63) is 22.2 Å². The molecule has 0 amide bonds. The summed E-state index contributed by atoms with van der Waals surface area (Å²) < 4.78 is 0. The molecule has 2 N–H and O–H groups in total. The fraction of sp³-hybridized carbons (Fsp3) is 0.583. The van der Waals surface area contributed by atoms with Gasteiger partial charge in [0.05, 0.1) is 17.1 Å². The minimum Gasteiger partial charge on any atom is -0.383 e. The van der Waals surface area contributed by atoms with Gasteiger partial charge in [-0.3, -0.25) is 10.1 Å². The largest absolute Gasteiger partial charge is 0.383 e. The van der Waals surface area contributed by atoms with E-state index < -0.39 is 4.92 Å². The molecule has 0 spiro atoms. The fourth-order valence-electron chi connectivity index (χ4n) is 2.48.